The van der Waals surface area contributed by atoms with Crippen molar-refractivity contribution in [2.75, 3.05) is 0 Å². The van der Waals surface area contributed by atoms with E-state index in [0.717, 1.165) is 6.42 Å². The molecule has 0 aromatic rings. The third kappa shape index (κ3) is 3.48. The van der Waals surface area contributed by atoms with Gasteiger partial charge >= 0.3 is 0 Å². The molecule has 0 bridgehead atoms. The van der Waals surface area contributed by atoms with E-state index in [2.05, 4.69) is 6.08 Å². The zero-order valence-electron chi connectivity index (χ0n) is 3.94. The van der Waals surface area contributed by atoms with Crippen molar-refractivity contribution < 1.29 is 0 Å². The monoisotopic (exact) mass is 80.1 g/mol. The Morgan fingerprint density at radius 3 is 2.67 bits per heavy atom. The topological polar surface area (TPSA) is 0 Å². The van der Waals surface area contributed by atoms with E-state index in [-0.39, 0.29) is 0 Å². The average Bonchev–Trinajstić information content (AvgIpc) is 1.61. The van der Waals surface area contributed by atoms with Crippen LogP contribution in [0.4, 0.5) is 0 Å². The molecule has 0 aliphatic carbocycles. The average molecular weight is 80.1 g/mol. The van der Waals surface area contributed by atoms with Gasteiger partial charge in [0.05, 0.1) is 0 Å². The number of allylic oxidation sites excluding steroid dienone is 3. The van der Waals surface area contributed by atoms with E-state index in [1.807, 2.05) is 13.0 Å². The fraction of sp³-hybridized carbons (Fsp3) is 0.333. The van der Waals surface area contributed by atoms with Crippen LogP contribution in [0.25, 0.3) is 0 Å². The summed E-state index contributed by atoms with van der Waals surface area (Å²) in [6.07, 6.45) is 7.01. The van der Waals surface area contributed by atoms with Gasteiger partial charge < -0.3 is 0 Å². The molecule has 0 aromatic carbocycles. The predicted molar refractivity (Wildman–Crippen MR) is 27.0 cm³/mol. The molecule has 0 unspecified atom stereocenters. The van der Waals surface area contributed by atoms with Gasteiger partial charge in [0.2, 0.25) is 0 Å². The molecule has 0 heteroatoms. The van der Waals surface area contributed by atoms with Crippen molar-refractivity contribution in [3.8, 4) is 0 Å². The second kappa shape index (κ2) is 4.48. The van der Waals surface area contributed by atoms with Crippen LogP contribution >= 0.6 is 0 Å². The van der Waals surface area contributed by atoms with Gasteiger partial charge in [0.1, 0.15) is 0 Å². The van der Waals surface area contributed by atoms with Gasteiger partial charge in [-0.05, 0) is 12.5 Å². The van der Waals surface area contributed by atoms with Gasteiger partial charge in [-0.25, -0.2) is 0 Å². The maximum Gasteiger partial charge on any atom is -0.0227 e. The van der Waals surface area contributed by atoms with E-state index >= 15 is 0 Å². The molecule has 32 valence electrons. The van der Waals surface area contributed by atoms with Crippen molar-refractivity contribution in [1.29, 1.82) is 0 Å². The van der Waals surface area contributed by atoms with E-state index in [1.54, 1.807) is 0 Å². The Labute approximate surface area is 39.2 Å². The Kier molecular flexibility index (Phi) is 4.09. The van der Waals surface area contributed by atoms with Gasteiger partial charge in [0.25, 0.3) is 0 Å². The van der Waals surface area contributed by atoms with Crippen molar-refractivity contribution in [3.63, 3.8) is 0 Å². The van der Waals surface area contributed by atoms with Crippen LogP contribution in [0.1, 0.15) is 13.3 Å². The van der Waals surface area contributed by atoms with Crippen molar-refractivity contribution in [2.24, 2.45) is 0 Å². The lowest BCUT2D eigenvalue weighted by molar-refractivity contribution is 1.22. The second-order valence-electron chi connectivity index (χ2n) is 0.946. The maximum atomic E-state index is 4.95. The highest BCUT2D eigenvalue weighted by atomic mass is 13.6. The molecule has 0 rings (SSSR count). The van der Waals surface area contributed by atoms with Crippen LogP contribution in [0.5, 0.6) is 0 Å². The van der Waals surface area contributed by atoms with E-state index in [0.29, 0.717) is 0 Å². The molecule has 0 fully saturated rings. The first kappa shape index (κ1) is 5.48. The molecule has 0 amide bonds. The summed E-state index contributed by atoms with van der Waals surface area (Å²) in [5.41, 5.74) is 0. The first-order valence-corrected chi connectivity index (χ1v) is 2.03. The molecule has 0 saturated carbocycles. The molecular weight excluding hydrogens is 72.1 g/mol. The Morgan fingerprint density at radius 2 is 2.50 bits per heavy atom. The predicted octanol–water partition coefficient (Wildman–Crippen LogP) is 1.74. The molecule has 0 saturated heterocycles. The third-order valence-corrected chi connectivity index (χ3v) is 0.418. The maximum absolute atomic E-state index is 4.95. The highest BCUT2D eigenvalue weighted by Gasteiger charge is 1.56. The zero-order valence-corrected chi connectivity index (χ0v) is 3.94. The summed E-state index contributed by atoms with van der Waals surface area (Å²) in [6, 6.07) is 0. The summed E-state index contributed by atoms with van der Waals surface area (Å²) in [7, 11) is 0. The highest BCUT2D eigenvalue weighted by Crippen LogP contribution is 1.75. The summed E-state index contributed by atoms with van der Waals surface area (Å²) in [6.45, 7) is 6.99. The highest BCUT2D eigenvalue weighted by molar-refractivity contribution is 4.85. The normalized spacial score (nSPS) is 9.50. The number of rotatable bonds is 2. The van der Waals surface area contributed by atoms with Gasteiger partial charge in [0.15, 0.2) is 0 Å². The quantitative estimate of drug-likeness (QED) is 0.443. The Morgan fingerprint density at radius 1 is 1.83 bits per heavy atom. The van der Waals surface area contributed by atoms with Crippen molar-refractivity contribution in [1.82, 2.24) is 0 Å². The van der Waals surface area contributed by atoms with Gasteiger partial charge in [-0.3, -0.25) is 0 Å². The zero-order chi connectivity index (χ0) is 4.83. The van der Waals surface area contributed by atoms with Crippen LogP contribution in [-0.4, -0.2) is 0 Å². The first-order valence-electron chi connectivity index (χ1n) is 2.03. The lowest BCUT2D eigenvalue weighted by atomic mass is 10.4. The van der Waals surface area contributed by atoms with Gasteiger partial charge in [-0.15, -0.1) is 0 Å². The fourth-order valence-electron chi connectivity index (χ4n) is 0.186. The standard InChI is InChI=1S/C6H8/c1-3-5-6-4-2/h1,3,6H,4H2,2H3. The minimum absolute atomic E-state index is 1.01. The molecule has 0 heterocycles. The molecule has 0 aliphatic rings. The third-order valence-electron chi connectivity index (χ3n) is 0.418. The van der Waals surface area contributed by atoms with E-state index < -0.39 is 0 Å². The largest absolute Gasteiger partial charge is 0.0769 e. The molecule has 6 heavy (non-hydrogen) atoms. The van der Waals surface area contributed by atoms with Crippen LogP contribution in [-0.2, 0) is 0 Å². The molecule has 0 aliphatic heterocycles. The van der Waals surface area contributed by atoms with Gasteiger partial charge in [-0.1, -0.05) is 25.7 Å². The Balaban J connectivity index is 2.94. The van der Waals surface area contributed by atoms with Crippen molar-refractivity contribution in [3.05, 3.63) is 24.8 Å². The van der Waals surface area contributed by atoms with E-state index in [9.17, 15) is 0 Å². The van der Waals surface area contributed by atoms with Gasteiger partial charge in [-0.2, -0.15) is 0 Å². The molecular formula is C6H8. The number of hydrogen-bond acceptors (Lipinski definition) is 0. The van der Waals surface area contributed by atoms with Crippen LogP contribution in [0, 0.1) is 12.7 Å². The summed E-state index contributed by atoms with van der Waals surface area (Å²) in [5.74, 6) is 0. The van der Waals surface area contributed by atoms with Crippen LogP contribution < -0.4 is 0 Å². The van der Waals surface area contributed by atoms with E-state index in [1.165, 1.54) is 6.08 Å². The first-order chi connectivity index (χ1) is 2.91. The van der Waals surface area contributed by atoms with Crippen molar-refractivity contribution in [2.45, 2.75) is 13.3 Å². The Hall–Kier alpha value is -0.520. The molecule has 0 nitrogen and oxygen atoms in total. The lowest BCUT2D eigenvalue weighted by Crippen LogP contribution is -1.47. The molecule has 2 radical (unpaired) electrons. The second-order valence-corrected chi connectivity index (χ2v) is 0.946. The summed E-state index contributed by atoms with van der Waals surface area (Å²) in [5, 5.41) is 0. The summed E-state index contributed by atoms with van der Waals surface area (Å²) < 4.78 is 0. The van der Waals surface area contributed by atoms with Crippen LogP contribution in [0.3, 0.4) is 0 Å². The minimum Gasteiger partial charge on any atom is -0.0769 e. The van der Waals surface area contributed by atoms with Crippen LogP contribution in [0.2, 0.25) is 0 Å². The van der Waals surface area contributed by atoms with Crippen LogP contribution in [0.15, 0.2) is 12.2 Å². The van der Waals surface area contributed by atoms with E-state index in [4.69, 9.17) is 6.58 Å². The SMILES string of the molecule is [CH]=C/[C]=C/CC. The number of hydrogen-bond donors (Lipinski definition) is 0. The molecule has 0 atom stereocenters. The fourth-order valence-corrected chi connectivity index (χ4v) is 0.186. The molecule has 0 aromatic heterocycles. The Bertz CT molecular complexity index is 51.1. The summed E-state index contributed by atoms with van der Waals surface area (Å²) in [4.78, 5) is 0. The molecule has 0 spiro atoms. The molecule has 0 N–H and O–H groups in total. The minimum atomic E-state index is 1.01. The van der Waals surface area contributed by atoms with Gasteiger partial charge in [0, 0.05) is 0 Å². The lowest BCUT2D eigenvalue weighted by Gasteiger charge is -1.66. The van der Waals surface area contributed by atoms with Crippen molar-refractivity contribution >= 4 is 0 Å². The smallest absolute Gasteiger partial charge is 0.0227 e. The summed E-state index contributed by atoms with van der Waals surface area (Å²) >= 11 is 0.